The van der Waals surface area contributed by atoms with Crippen LogP contribution in [0.25, 0.3) is 5.65 Å². The first-order valence-corrected chi connectivity index (χ1v) is 9.68. The lowest BCUT2D eigenvalue weighted by Crippen LogP contribution is -2.44. The fraction of sp³-hybridized carbons (Fsp3) is 0.450. The van der Waals surface area contributed by atoms with E-state index in [0.29, 0.717) is 12.5 Å². The Bertz CT molecular complexity index is 979. The Labute approximate surface area is 164 Å². The van der Waals surface area contributed by atoms with Crippen molar-refractivity contribution in [2.45, 2.75) is 39.7 Å². The molecule has 4 rings (SSSR count). The summed E-state index contributed by atoms with van der Waals surface area (Å²) in [7, 11) is 0. The molecule has 4 heterocycles. The Morgan fingerprint density at radius 3 is 2.79 bits per heavy atom. The molecule has 3 aromatic heterocycles. The highest BCUT2D eigenvalue weighted by Crippen LogP contribution is 2.22. The third-order valence-electron chi connectivity index (χ3n) is 5.13. The van der Waals surface area contributed by atoms with Crippen LogP contribution in [0.1, 0.15) is 43.0 Å². The number of hydrogen-bond acceptors (Lipinski definition) is 6. The third kappa shape index (κ3) is 3.67. The molecule has 0 aliphatic carbocycles. The molecule has 0 bridgehead atoms. The van der Waals surface area contributed by atoms with E-state index in [-0.39, 0.29) is 17.9 Å². The van der Waals surface area contributed by atoms with Crippen LogP contribution >= 0.6 is 0 Å². The van der Waals surface area contributed by atoms with Gasteiger partial charge in [0, 0.05) is 30.7 Å². The first-order chi connectivity index (χ1) is 13.5. The molecule has 3 aromatic rings. The van der Waals surface area contributed by atoms with Gasteiger partial charge in [0.05, 0.1) is 12.0 Å². The number of anilines is 1. The molecule has 0 unspecified atom stereocenters. The molecule has 8 heteroatoms. The molecule has 146 valence electrons. The molecule has 1 amide bonds. The number of piperidine rings is 1. The van der Waals surface area contributed by atoms with Crippen LogP contribution in [0.5, 0.6) is 0 Å². The van der Waals surface area contributed by atoms with E-state index in [9.17, 15) is 4.79 Å². The predicted octanol–water partition coefficient (Wildman–Crippen LogP) is 2.23. The highest BCUT2D eigenvalue weighted by Gasteiger charge is 2.29. The number of carbonyl (C=O) groups excluding carboxylic acids is 1. The van der Waals surface area contributed by atoms with E-state index < -0.39 is 0 Å². The normalized spacial score (nSPS) is 18.2. The van der Waals surface area contributed by atoms with Crippen molar-refractivity contribution in [3.05, 3.63) is 47.7 Å². The monoisotopic (exact) mass is 379 g/mol. The molecule has 1 N–H and O–H groups in total. The quantitative estimate of drug-likeness (QED) is 0.748. The van der Waals surface area contributed by atoms with Crippen LogP contribution in [0.2, 0.25) is 0 Å². The predicted molar refractivity (Wildman–Crippen MR) is 106 cm³/mol. The molecular formula is C20H25N7O. The number of amides is 1. The molecule has 1 aliphatic rings. The number of rotatable bonds is 4. The summed E-state index contributed by atoms with van der Waals surface area (Å²) < 4.78 is 1.90. The van der Waals surface area contributed by atoms with Crippen LogP contribution in [0.15, 0.2) is 30.5 Å². The van der Waals surface area contributed by atoms with Crippen LogP contribution < -0.4 is 10.2 Å². The summed E-state index contributed by atoms with van der Waals surface area (Å²) in [5.41, 5.74) is 2.66. The number of nitrogens with zero attached hydrogens (tertiary/aromatic N) is 6. The molecule has 0 aromatic carbocycles. The van der Waals surface area contributed by atoms with Gasteiger partial charge in [-0.1, -0.05) is 6.07 Å². The van der Waals surface area contributed by atoms with E-state index in [2.05, 4.69) is 30.4 Å². The van der Waals surface area contributed by atoms with Gasteiger partial charge in [0.15, 0.2) is 11.5 Å². The molecule has 8 nitrogen and oxygen atoms in total. The summed E-state index contributed by atoms with van der Waals surface area (Å²) in [5.74, 6) is 1.38. The lowest BCUT2D eigenvalue weighted by Gasteiger charge is -2.32. The van der Waals surface area contributed by atoms with Gasteiger partial charge in [-0.15, -0.1) is 10.2 Å². The summed E-state index contributed by atoms with van der Waals surface area (Å²) >= 11 is 0. The maximum Gasteiger partial charge on any atom is 0.225 e. The van der Waals surface area contributed by atoms with Gasteiger partial charge < -0.3 is 10.2 Å². The second-order valence-corrected chi connectivity index (χ2v) is 7.45. The average Bonchev–Trinajstić information content (AvgIpc) is 3.11. The average molecular weight is 379 g/mol. The number of pyridine rings is 1. The summed E-state index contributed by atoms with van der Waals surface area (Å²) in [6.45, 7) is 7.38. The van der Waals surface area contributed by atoms with Crippen molar-refractivity contribution in [1.82, 2.24) is 29.9 Å². The Kier molecular flexibility index (Phi) is 4.93. The number of hydrogen-bond donors (Lipinski definition) is 1. The van der Waals surface area contributed by atoms with Crippen LogP contribution in [0, 0.1) is 19.8 Å². The Morgan fingerprint density at radius 2 is 2.00 bits per heavy atom. The lowest BCUT2D eigenvalue weighted by molar-refractivity contribution is -0.126. The maximum absolute atomic E-state index is 12.9. The van der Waals surface area contributed by atoms with E-state index in [1.54, 1.807) is 0 Å². The van der Waals surface area contributed by atoms with Gasteiger partial charge in [-0.2, -0.15) is 0 Å². The van der Waals surface area contributed by atoms with E-state index >= 15 is 0 Å². The Morgan fingerprint density at radius 1 is 1.21 bits per heavy atom. The highest BCUT2D eigenvalue weighted by molar-refractivity contribution is 5.79. The van der Waals surface area contributed by atoms with Crippen LogP contribution in [-0.4, -0.2) is 43.6 Å². The zero-order valence-corrected chi connectivity index (χ0v) is 16.5. The molecular weight excluding hydrogens is 354 g/mol. The first kappa shape index (κ1) is 18.3. The minimum atomic E-state index is -0.224. The van der Waals surface area contributed by atoms with Gasteiger partial charge in [-0.25, -0.2) is 9.97 Å². The topological polar surface area (TPSA) is 88.3 Å². The highest BCUT2D eigenvalue weighted by atomic mass is 16.2. The Balaban J connectivity index is 1.45. The van der Waals surface area contributed by atoms with E-state index in [1.165, 1.54) is 0 Å². The molecule has 0 spiro atoms. The molecule has 0 radical (unpaired) electrons. The SMILES string of the molecule is Cc1cc(C)nc(N2CCC[C@@H](C(=O)N[C@H](C)c3nnc4ccccn34)C2)n1. The van der Waals surface area contributed by atoms with Crippen molar-refractivity contribution in [3.63, 3.8) is 0 Å². The first-order valence-electron chi connectivity index (χ1n) is 9.68. The zero-order chi connectivity index (χ0) is 19.7. The molecule has 1 saturated heterocycles. The molecule has 1 fully saturated rings. The summed E-state index contributed by atoms with van der Waals surface area (Å²) in [4.78, 5) is 24.1. The van der Waals surface area contributed by atoms with E-state index in [0.717, 1.165) is 42.2 Å². The van der Waals surface area contributed by atoms with Crippen LogP contribution in [0.3, 0.4) is 0 Å². The standard InChI is InChI=1S/C20H25N7O/c1-13-11-14(2)22-20(21-13)26-9-6-7-16(12-26)19(28)23-15(3)18-25-24-17-8-4-5-10-27(17)18/h4-5,8,10-11,15-16H,6-7,9,12H2,1-3H3,(H,23,28)/t15-,16-/m1/s1. The third-order valence-corrected chi connectivity index (χ3v) is 5.13. The van der Waals surface area contributed by atoms with Crippen molar-refractivity contribution >= 4 is 17.5 Å². The molecule has 1 aliphatic heterocycles. The van der Waals surface area contributed by atoms with Crippen molar-refractivity contribution in [3.8, 4) is 0 Å². The Hall–Kier alpha value is -3.03. The summed E-state index contributed by atoms with van der Waals surface area (Å²) in [6, 6.07) is 7.48. The van der Waals surface area contributed by atoms with Gasteiger partial charge in [-0.3, -0.25) is 9.20 Å². The number of fused-ring (bicyclic) bond motifs is 1. The number of aryl methyl sites for hydroxylation is 2. The van der Waals surface area contributed by atoms with Crippen LogP contribution in [-0.2, 0) is 4.79 Å². The van der Waals surface area contributed by atoms with Gasteiger partial charge >= 0.3 is 0 Å². The fourth-order valence-electron chi connectivity index (χ4n) is 3.77. The van der Waals surface area contributed by atoms with E-state index in [4.69, 9.17) is 0 Å². The summed E-state index contributed by atoms with van der Waals surface area (Å²) in [6.07, 6.45) is 3.71. The van der Waals surface area contributed by atoms with Gasteiger partial charge in [0.1, 0.15) is 0 Å². The van der Waals surface area contributed by atoms with E-state index in [1.807, 2.05) is 55.6 Å². The number of carbonyl (C=O) groups is 1. The van der Waals surface area contributed by atoms with Crippen molar-refractivity contribution in [2.24, 2.45) is 5.92 Å². The number of aromatic nitrogens is 5. The maximum atomic E-state index is 12.9. The van der Waals surface area contributed by atoms with Crippen LogP contribution in [0.4, 0.5) is 5.95 Å². The van der Waals surface area contributed by atoms with Crippen molar-refractivity contribution in [2.75, 3.05) is 18.0 Å². The molecule has 28 heavy (non-hydrogen) atoms. The minimum Gasteiger partial charge on any atom is -0.346 e. The fourth-order valence-corrected chi connectivity index (χ4v) is 3.77. The lowest BCUT2D eigenvalue weighted by atomic mass is 9.97. The summed E-state index contributed by atoms with van der Waals surface area (Å²) in [5, 5.41) is 11.5. The zero-order valence-electron chi connectivity index (χ0n) is 16.5. The van der Waals surface area contributed by atoms with Crippen molar-refractivity contribution < 1.29 is 4.79 Å². The van der Waals surface area contributed by atoms with Gasteiger partial charge in [0.25, 0.3) is 0 Å². The minimum absolute atomic E-state index is 0.0363. The largest absolute Gasteiger partial charge is 0.346 e. The molecule has 2 atom stereocenters. The molecule has 0 saturated carbocycles. The second-order valence-electron chi connectivity index (χ2n) is 7.45. The second kappa shape index (κ2) is 7.53. The smallest absolute Gasteiger partial charge is 0.225 e. The van der Waals surface area contributed by atoms with Crippen molar-refractivity contribution in [1.29, 1.82) is 0 Å². The van der Waals surface area contributed by atoms with Gasteiger partial charge in [0.2, 0.25) is 11.9 Å². The van der Waals surface area contributed by atoms with Gasteiger partial charge in [-0.05, 0) is 51.8 Å². The number of nitrogens with one attached hydrogen (secondary N) is 1.